The van der Waals surface area contributed by atoms with Gasteiger partial charge in [-0.1, -0.05) is 0 Å². The minimum Gasteiger partial charge on any atom is -0.465 e. The second-order valence-electron chi connectivity index (χ2n) is 6.49. The number of ether oxygens (including phenoxy) is 1. The summed E-state index contributed by atoms with van der Waals surface area (Å²) in [6.45, 7) is 0. The van der Waals surface area contributed by atoms with Gasteiger partial charge in [0.2, 0.25) is 0 Å². The Morgan fingerprint density at radius 2 is 1.97 bits per heavy atom. The fourth-order valence-electron chi connectivity index (χ4n) is 2.70. The Morgan fingerprint density at radius 3 is 2.60 bits per heavy atom. The molecule has 1 fully saturated rings. The molecule has 1 aliphatic rings. The van der Waals surface area contributed by atoms with Gasteiger partial charge in [-0.2, -0.15) is 13.2 Å². The molecule has 0 N–H and O–H groups in total. The van der Waals surface area contributed by atoms with Crippen molar-refractivity contribution in [1.29, 1.82) is 0 Å². The van der Waals surface area contributed by atoms with Crippen LogP contribution < -0.4 is 0 Å². The molecule has 9 nitrogen and oxygen atoms in total. The van der Waals surface area contributed by atoms with Crippen molar-refractivity contribution in [3.8, 4) is 11.5 Å². The maximum Gasteiger partial charge on any atom is 0.433 e. The van der Waals surface area contributed by atoms with E-state index >= 15 is 0 Å². The van der Waals surface area contributed by atoms with Gasteiger partial charge in [0.25, 0.3) is 0 Å². The zero-order valence-electron chi connectivity index (χ0n) is 15.5. The van der Waals surface area contributed by atoms with E-state index in [0.717, 1.165) is 18.9 Å². The maximum atomic E-state index is 13.3. The van der Waals surface area contributed by atoms with E-state index in [1.165, 1.54) is 42.9 Å². The molecule has 0 saturated heterocycles. The summed E-state index contributed by atoms with van der Waals surface area (Å²) in [5.41, 5.74) is -0.702. The molecule has 12 heteroatoms. The molecule has 30 heavy (non-hydrogen) atoms. The van der Waals surface area contributed by atoms with Crippen LogP contribution in [0.3, 0.4) is 0 Å². The third-order valence-corrected chi connectivity index (χ3v) is 4.32. The summed E-state index contributed by atoms with van der Waals surface area (Å²) in [4.78, 5) is 27.9. The maximum absolute atomic E-state index is 13.3. The van der Waals surface area contributed by atoms with E-state index in [9.17, 15) is 18.0 Å². The van der Waals surface area contributed by atoms with E-state index in [4.69, 9.17) is 4.74 Å². The van der Waals surface area contributed by atoms with E-state index in [1.807, 2.05) is 0 Å². The van der Waals surface area contributed by atoms with Crippen LogP contribution in [0.4, 0.5) is 13.2 Å². The lowest BCUT2D eigenvalue weighted by Gasteiger charge is -2.10. The molecule has 0 amide bonds. The van der Waals surface area contributed by atoms with Gasteiger partial charge in [-0.3, -0.25) is 4.57 Å². The van der Waals surface area contributed by atoms with Gasteiger partial charge in [0.05, 0.1) is 12.7 Å². The molecule has 0 unspecified atom stereocenters. The van der Waals surface area contributed by atoms with Crippen LogP contribution in [0.1, 0.15) is 35.8 Å². The number of hydrogen-bond donors (Lipinski definition) is 0. The predicted molar refractivity (Wildman–Crippen MR) is 96.2 cm³/mol. The second kappa shape index (κ2) is 7.61. The Labute approximate surface area is 167 Å². The first-order chi connectivity index (χ1) is 14.4. The van der Waals surface area contributed by atoms with Crippen molar-refractivity contribution in [1.82, 2.24) is 34.7 Å². The zero-order valence-corrected chi connectivity index (χ0v) is 15.5. The molecule has 1 aliphatic carbocycles. The number of alkyl halides is 3. The summed E-state index contributed by atoms with van der Waals surface area (Å²) in [6.07, 6.45) is 3.49. The number of aromatic nitrogens is 7. The van der Waals surface area contributed by atoms with E-state index in [-0.39, 0.29) is 28.8 Å². The highest BCUT2D eigenvalue weighted by atomic mass is 19.4. The van der Waals surface area contributed by atoms with E-state index in [1.54, 1.807) is 0 Å². The van der Waals surface area contributed by atoms with Crippen molar-refractivity contribution in [2.75, 3.05) is 7.11 Å². The van der Waals surface area contributed by atoms with Gasteiger partial charge in [-0.15, -0.1) is 10.2 Å². The largest absolute Gasteiger partial charge is 0.465 e. The first-order valence-corrected chi connectivity index (χ1v) is 8.78. The molecule has 3 aromatic heterocycles. The minimum absolute atomic E-state index is 0.0167. The first-order valence-electron chi connectivity index (χ1n) is 8.78. The van der Waals surface area contributed by atoms with Gasteiger partial charge in [0.15, 0.2) is 5.82 Å². The molecule has 0 aliphatic heterocycles. The number of halogens is 3. The van der Waals surface area contributed by atoms with Crippen LogP contribution in [0.5, 0.6) is 0 Å². The summed E-state index contributed by atoms with van der Waals surface area (Å²) >= 11 is 0. The average Bonchev–Trinajstić information content (AvgIpc) is 3.49. The van der Waals surface area contributed by atoms with Crippen LogP contribution in [-0.2, 0) is 15.7 Å². The first kappa shape index (κ1) is 19.6. The molecule has 0 atom stereocenters. The van der Waals surface area contributed by atoms with Gasteiger partial charge in [-0.25, -0.2) is 24.7 Å². The third kappa shape index (κ3) is 4.02. The Hall–Kier alpha value is -3.70. The molecule has 0 spiro atoms. The normalized spacial score (nSPS) is 14.6. The summed E-state index contributed by atoms with van der Waals surface area (Å²) in [7, 11) is 1.20. The molecule has 0 bridgehead atoms. The van der Waals surface area contributed by atoms with Crippen LogP contribution in [0.25, 0.3) is 23.3 Å². The molecular formula is C18H14F3N7O2. The van der Waals surface area contributed by atoms with Crippen molar-refractivity contribution in [2.24, 2.45) is 0 Å². The minimum atomic E-state index is -4.64. The number of carbonyl (C=O) groups excluding carboxylic acids is 1. The summed E-state index contributed by atoms with van der Waals surface area (Å²) in [5.74, 6) is -0.669. The molecule has 0 radical (unpaired) electrons. The highest BCUT2D eigenvalue weighted by Crippen LogP contribution is 2.40. The quantitative estimate of drug-likeness (QED) is 0.460. The Kier molecular flexibility index (Phi) is 4.98. The lowest BCUT2D eigenvalue weighted by Crippen LogP contribution is -2.12. The predicted octanol–water partition coefficient (Wildman–Crippen LogP) is 2.59. The summed E-state index contributed by atoms with van der Waals surface area (Å²) < 4.78 is 46.1. The van der Waals surface area contributed by atoms with Crippen LogP contribution in [0.2, 0.25) is 0 Å². The van der Waals surface area contributed by atoms with Crippen LogP contribution in [-0.4, -0.2) is 47.8 Å². The number of hydrogen-bond acceptors (Lipinski definition) is 8. The van der Waals surface area contributed by atoms with Crippen molar-refractivity contribution < 1.29 is 22.7 Å². The second-order valence-corrected chi connectivity index (χ2v) is 6.49. The van der Waals surface area contributed by atoms with E-state index in [0.29, 0.717) is 5.56 Å². The van der Waals surface area contributed by atoms with Crippen molar-refractivity contribution in [3.05, 3.63) is 48.2 Å². The summed E-state index contributed by atoms with van der Waals surface area (Å²) in [5, 5.41) is 7.65. The number of esters is 1. The molecule has 3 heterocycles. The Bertz CT molecular complexity index is 1110. The third-order valence-electron chi connectivity index (χ3n) is 4.32. The van der Waals surface area contributed by atoms with E-state index in [2.05, 4.69) is 30.1 Å². The molecule has 154 valence electrons. The number of nitrogens with zero attached hydrogens (tertiary/aromatic N) is 7. The highest BCUT2D eigenvalue weighted by molar-refractivity contribution is 6.20. The topological polar surface area (TPSA) is 109 Å². The number of carbonyl (C=O) groups is 1. The Balaban J connectivity index is 1.82. The molecule has 1 saturated carbocycles. The zero-order chi connectivity index (χ0) is 21.3. The lowest BCUT2D eigenvalue weighted by molar-refractivity contribution is -0.141. The SMILES string of the molecule is COC(=O)/C(=C/n1cnnc1-c1cc(C(F)(F)F)nc(C2CC2)n1)c1cncnc1. The summed E-state index contributed by atoms with van der Waals surface area (Å²) in [6, 6.07) is 0.809. The molecule has 4 rings (SSSR count). The van der Waals surface area contributed by atoms with Gasteiger partial charge in [0, 0.05) is 30.1 Å². The highest BCUT2D eigenvalue weighted by Gasteiger charge is 2.36. The lowest BCUT2D eigenvalue weighted by atomic mass is 10.1. The fraction of sp³-hybridized carbons (Fsp3) is 0.278. The van der Waals surface area contributed by atoms with Crippen molar-refractivity contribution >= 4 is 17.7 Å². The van der Waals surface area contributed by atoms with Crippen LogP contribution in [0, 0.1) is 0 Å². The van der Waals surface area contributed by atoms with Crippen molar-refractivity contribution in [2.45, 2.75) is 24.9 Å². The standard InChI is InChI=1S/C18H14F3N7O2/c1-30-17(29)12(11-5-22-8-23-6-11)7-28-9-24-27-16(28)13-4-14(18(19,20)21)26-15(25-13)10-2-3-10/h4-10H,2-3H2,1H3/b12-7+. The molecule has 3 aromatic rings. The number of methoxy groups -OCH3 is 1. The Morgan fingerprint density at radius 1 is 1.23 bits per heavy atom. The van der Waals surface area contributed by atoms with Gasteiger partial charge in [0.1, 0.15) is 29.9 Å². The molecular weight excluding hydrogens is 403 g/mol. The average molecular weight is 417 g/mol. The van der Waals surface area contributed by atoms with E-state index < -0.39 is 17.8 Å². The van der Waals surface area contributed by atoms with Gasteiger partial charge < -0.3 is 4.74 Å². The van der Waals surface area contributed by atoms with Crippen LogP contribution >= 0.6 is 0 Å². The monoisotopic (exact) mass is 417 g/mol. The molecule has 0 aromatic carbocycles. The van der Waals surface area contributed by atoms with Crippen molar-refractivity contribution in [3.63, 3.8) is 0 Å². The van der Waals surface area contributed by atoms with Gasteiger partial charge >= 0.3 is 12.1 Å². The number of rotatable bonds is 5. The fourth-order valence-corrected chi connectivity index (χ4v) is 2.70. The van der Waals surface area contributed by atoms with Crippen LogP contribution in [0.15, 0.2) is 31.1 Å². The van der Waals surface area contributed by atoms with Gasteiger partial charge in [-0.05, 0) is 18.9 Å². The smallest absolute Gasteiger partial charge is 0.433 e.